The van der Waals surface area contributed by atoms with E-state index in [9.17, 15) is 0 Å². The largest absolute Gasteiger partial charge is 0.135 e. The molecule has 0 amide bonds. The first-order chi connectivity index (χ1) is 26.0. The molecule has 0 saturated heterocycles. The number of hydrogen-bond donors (Lipinski definition) is 0. The van der Waals surface area contributed by atoms with Gasteiger partial charge in [0.2, 0.25) is 0 Å². The topological polar surface area (TPSA) is 0 Å². The van der Waals surface area contributed by atoms with Crippen molar-refractivity contribution in [1.29, 1.82) is 0 Å². The van der Waals surface area contributed by atoms with Gasteiger partial charge < -0.3 is 0 Å². The second-order valence-electron chi connectivity index (χ2n) is 15.2. The van der Waals surface area contributed by atoms with Crippen molar-refractivity contribution in [3.8, 4) is 33.4 Å². The van der Waals surface area contributed by atoms with Gasteiger partial charge in [-0.1, -0.05) is 135 Å². The molecule has 2 aromatic heterocycles. The normalized spacial score (nSPS) is 13.6. The van der Waals surface area contributed by atoms with Crippen molar-refractivity contribution in [3.05, 3.63) is 169 Å². The van der Waals surface area contributed by atoms with Gasteiger partial charge in [-0.15, -0.1) is 22.7 Å². The molecule has 1 aliphatic rings. The monoisotopic (exact) mass is 708 g/mol. The number of fused-ring (bicyclic) bond motifs is 14. The number of thiophene rings is 2. The standard InChI is InChI=1S/C51H32S2/c1-51(2)41-24-20-30(27-39(41)37-23-19-29-21-26-45-49(48(29)50(37)51)38-16-8-10-18-43(38)53-45)46-33-12-3-5-14-35(33)47(36-15-6-4-13-34(36)46)31-22-25-44-40(28-31)32-11-7-9-17-42(32)52-44/h3-28H,1-2H3. The van der Waals surface area contributed by atoms with Gasteiger partial charge in [-0.25, -0.2) is 0 Å². The van der Waals surface area contributed by atoms with Crippen LogP contribution in [-0.4, -0.2) is 0 Å². The van der Waals surface area contributed by atoms with E-state index in [1.807, 2.05) is 22.7 Å². The van der Waals surface area contributed by atoms with Crippen molar-refractivity contribution < 1.29 is 0 Å². The van der Waals surface area contributed by atoms with E-state index in [2.05, 4.69) is 172 Å². The Morgan fingerprint density at radius 1 is 0.377 bits per heavy atom. The highest BCUT2D eigenvalue weighted by molar-refractivity contribution is 7.26. The summed E-state index contributed by atoms with van der Waals surface area (Å²) in [4.78, 5) is 0. The van der Waals surface area contributed by atoms with E-state index in [1.165, 1.54) is 117 Å². The van der Waals surface area contributed by atoms with Crippen LogP contribution in [0.25, 0.3) is 106 Å². The molecule has 12 rings (SSSR count). The zero-order valence-corrected chi connectivity index (χ0v) is 31.0. The van der Waals surface area contributed by atoms with Gasteiger partial charge in [-0.3, -0.25) is 0 Å². The maximum Gasteiger partial charge on any atom is 0.0361 e. The SMILES string of the molecule is CC1(C)c2ccc(-c3c4ccccc4c(-c4ccc5sc6ccccc6c5c4)c4ccccc34)cc2-c2ccc3ccc4sc5ccccc5c4c3c21. The minimum atomic E-state index is -0.140. The Labute approximate surface area is 315 Å². The van der Waals surface area contributed by atoms with E-state index in [0.29, 0.717) is 0 Å². The first kappa shape index (κ1) is 29.7. The molecule has 0 radical (unpaired) electrons. The predicted octanol–water partition coefficient (Wildman–Crippen LogP) is 15.5. The number of rotatable bonds is 2. The van der Waals surface area contributed by atoms with Gasteiger partial charge in [0.05, 0.1) is 0 Å². The Kier molecular flexibility index (Phi) is 5.97. The van der Waals surface area contributed by atoms with Crippen LogP contribution in [0.2, 0.25) is 0 Å². The summed E-state index contributed by atoms with van der Waals surface area (Å²) in [5.74, 6) is 0. The first-order valence-electron chi connectivity index (χ1n) is 18.4. The van der Waals surface area contributed by atoms with E-state index >= 15 is 0 Å². The Morgan fingerprint density at radius 2 is 0.887 bits per heavy atom. The van der Waals surface area contributed by atoms with Crippen LogP contribution in [-0.2, 0) is 5.41 Å². The third-order valence-corrected chi connectivity index (χ3v) is 14.3. The highest BCUT2D eigenvalue weighted by Gasteiger charge is 2.38. The smallest absolute Gasteiger partial charge is 0.0361 e. The van der Waals surface area contributed by atoms with E-state index in [0.717, 1.165) is 0 Å². The van der Waals surface area contributed by atoms with Gasteiger partial charge in [0, 0.05) is 45.8 Å². The van der Waals surface area contributed by atoms with Crippen LogP contribution >= 0.6 is 22.7 Å². The molecule has 1 aliphatic carbocycles. The first-order valence-corrected chi connectivity index (χ1v) is 20.1. The summed E-state index contributed by atoms with van der Waals surface area (Å²) in [6, 6.07) is 59.6. The average molecular weight is 709 g/mol. The predicted molar refractivity (Wildman–Crippen MR) is 233 cm³/mol. The highest BCUT2D eigenvalue weighted by atomic mass is 32.1. The Hall–Kier alpha value is -5.80. The van der Waals surface area contributed by atoms with Gasteiger partial charge in [-0.05, 0) is 113 Å². The third-order valence-electron chi connectivity index (χ3n) is 12.0. The lowest BCUT2D eigenvalue weighted by molar-refractivity contribution is 0.667. The molecular formula is C51H32S2. The van der Waals surface area contributed by atoms with Crippen LogP contribution in [0.4, 0.5) is 0 Å². The molecule has 2 heteroatoms. The Morgan fingerprint density at radius 3 is 1.58 bits per heavy atom. The Balaban J connectivity index is 1.12. The third kappa shape index (κ3) is 4.00. The molecule has 0 fully saturated rings. The molecular weight excluding hydrogens is 677 g/mol. The Bertz CT molecular complexity index is 3310. The van der Waals surface area contributed by atoms with Crippen LogP contribution in [0.5, 0.6) is 0 Å². The van der Waals surface area contributed by atoms with E-state index in [-0.39, 0.29) is 5.41 Å². The van der Waals surface area contributed by atoms with Crippen molar-refractivity contribution in [2.75, 3.05) is 0 Å². The summed E-state index contributed by atoms with van der Waals surface area (Å²) in [6.07, 6.45) is 0. The summed E-state index contributed by atoms with van der Waals surface area (Å²) in [6.45, 7) is 4.86. The molecule has 2 heterocycles. The maximum absolute atomic E-state index is 2.50. The second kappa shape index (κ2) is 10.6. The van der Waals surface area contributed by atoms with Crippen molar-refractivity contribution in [1.82, 2.24) is 0 Å². The summed E-state index contributed by atoms with van der Waals surface area (Å²) < 4.78 is 5.40. The molecule has 0 nitrogen and oxygen atoms in total. The average Bonchev–Trinajstić information content (AvgIpc) is 3.84. The molecule has 0 N–H and O–H groups in total. The maximum atomic E-state index is 2.50. The van der Waals surface area contributed by atoms with Crippen LogP contribution in [0, 0.1) is 0 Å². The zero-order valence-electron chi connectivity index (χ0n) is 29.3. The lowest BCUT2D eigenvalue weighted by Gasteiger charge is -2.24. The molecule has 0 unspecified atom stereocenters. The van der Waals surface area contributed by atoms with Crippen molar-refractivity contribution in [3.63, 3.8) is 0 Å². The van der Waals surface area contributed by atoms with E-state index < -0.39 is 0 Å². The van der Waals surface area contributed by atoms with Gasteiger partial charge in [0.25, 0.3) is 0 Å². The molecule has 0 aliphatic heterocycles. The molecule has 11 aromatic rings. The van der Waals surface area contributed by atoms with Gasteiger partial charge in [0.1, 0.15) is 0 Å². The molecule has 0 bridgehead atoms. The molecule has 9 aromatic carbocycles. The number of hydrogen-bond acceptors (Lipinski definition) is 2. The van der Waals surface area contributed by atoms with Gasteiger partial charge >= 0.3 is 0 Å². The van der Waals surface area contributed by atoms with Crippen LogP contribution in [0.3, 0.4) is 0 Å². The highest BCUT2D eigenvalue weighted by Crippen LogP contribution is 2.55. The summed E-state index contributed by atoms with van der Waals surface area (Å²) in [7, 11) is 0. The molecule has 0 saturated carbocycles. The molecule has 0 spiro atoms. The quantitative estimate of drug-likeness (QED) is 0.157. The van der Waals surface area contributed by atoms with Crippen LogP contribution < -0.4 is 0 Å². The van der Waals surface area contributed by atoms with Crippen LogP contribution in [0.1, 0.15) is 25.0 Å². The van der Waals surface area contributed by atoms with Crippen LogP contribution in [0.15, 0.2) is 158 Å². The lowest BCUT2D eigenvalue weighted by atomic mass is 9.79. The van der Waals surface area contributed by atoms with E-state index in [1.54, 1.807) is 0 Å². The molecule has 0 atom stereocenters. The summed E-state index contributed by atoms with van der Waals surface area (Å²) in [5.41, 5.74) is 10.6. The fraction of sp³-hybridized carbons (Fsp3) is 0.0588. The van der Waals surface area contributed by atoms with Crippen molar-refractivity contribution in [2.45, 2.75) is 19.3 Å². The second-order valence-corrected chi connectivity index (χ2v) is 17.3. The fourth-order valence-corrected chi connectivity index (χ4v) is 11.9. The van der Waals surface area contributed by atoms with Gasteiger partial charge in [-0.2, -0.15) is 0 Å². The fourth-order valence-electron chi connectivity index (χ4n) is 9.74. The minimum Gasteiger partial charge on any atom is -0.135 e. The summed E-state index contributed by atoms with van der Waals surface area (Å²) >= 11 is 3.79. The summed E-state index contributed by atoms with van der Waals surface area (Å²) in [5, 5.41) is 13.3. The minimum absolute atomic E-state index is 0.140. The lowest BCUT2D eigenvalue weighted by Crippen LogP contribution is -2.15. The molecule has 53 heavy (non-hydrogen) atoms. The molecule has 248 valence electrons. The van der Waals surface area contributed by atoms with Crippen molar-refractivity contribution >= 4 is 95.3 Å². The van der Waals surface area contributed by atoms with Gasteiger partial charge in [0.15, 0.2) is 0 Å². The number of benzene rings is 9. The van der Waals surface area contributed by atoms with Crippen molar-refractivity contribution in [2.24, 2.45) is 0 Å². The zero-order chi connectivity index (χ0) is 35.0. The van der Waals surface area contributed by atoms with E-state index in [4.69, 9.17) is 0 Å².